The van der Waals surface area contributed by atoms with Gasteiger partial charge in [-0.05, 0) is 48.9 Å². The number of aliphatic hydroxyl groups is 1. The van der Waals surface area contributed by atoms with Gasteiger partial charge in [0.15, 0.2) is 16.6 Å². The fraction of sp³-hybridized carbons (Fsp3) is 0.179. The number of fused-ring (bicyclic) bond motifs is 2. The second-order valence-corrected chi connectivity index (χ2v) is 9.95. The SMILES string of the molecule is CCOc1ccc2nc(N3C(=O)C(=O)/C(=C(\O)c4ccc5c(c4)OCCO5)C3c3cccc([N+](=O)[O-])c3)sc2c1. The first-order chi connectivity index (χ1) is 19.4. The highest BCUT2D eigenvalue weighted by Crippen LogP contribution is 2.45. The molecule has 4 aromatic rings. The third-order valence-electron chi connectivity index (χ3n) is 6.52. The van der Waals surface area contributed by atoms with E-state index in [0.717, 1.165) is 11.3 Å². The summed E-state index contributed by atoms with van der Waals surface area (Å²) in [4.78, 5) is 43.8. The molecule has 6 rings (SSSR count). The quantitative estimate of drug-likeness (QED) is 0.114. The number of nitrogens with zero attached hydrogens (tertiary/aromatic N) is 3. The minimum absolute atomic E-state index is 0.198. The molecule has 1 unspecified atom stereocenters. The predicted octanol–water partition coefficient (Wildman–Crippen LogP) is 5.00. The van der Waals surface area contributed by atoms with Gasteiger partial charge in [-0.1, -0.05) is 23.5 Å². The highest BCUT2D eigenvalue weighted by atomic mass is 32.1. The van der Waals surface area contributed by atoms with Crippen molar-refractivity contribution in [2.45, 2.75) is 13.0 Å². The molecule has 0 saturated carbocycles. The van der Waals surface area contributed by atoms with Crippen LogP contribution in [0.5, 0.6) is 17.2 Å². The van der Waals surface area contributed by atoms with Crippen LogP contribution < -0.4 is 19.1 Å². The van der Waals surface area contributed by atoms with E-state index < -0.39 is 28.4 Å². The number of Topliss-reactive ketones (excluding diaryl/α,β-unsaturated/α-hetero) is 1. The third-order valence-corrected chi connectivity index (χ3v) is 7.54. The number of benzene rings is 3. The molecule has 40 heavy (non-hydrogen) atoms. The van der Waals surface area contributed by atoms with Crippen molar-refractivity contribution < 1.29 is 33.8 Å². The number of aromatic nitrogens is 1. The number of nitro benzene ring substituents is 1. The van der Waals surface area contributed by atoms with Crippen LogP contribution in [0.4, 0.5) is 10.8 Å². The van der Waals surface area contributed by atoms with E-state index >= 15 is 0 Å². The number of non-ortho nitro benzene ring substituents is 1. The molecular weight excluding hydrogens is 538 g/mol. The molecule has 2 aliphatic heterocycles. The van der Waals surface area contributed by atoms with Gasteiger partial charge < -0.3 is 19.3 Å². The van der Waals surface area contributed by atoms with Crippen LogP contribution in [-0.4, -0.2) is 46.5 Å². The summed E-state index contributed by atoms with van der Waals surface area (Å²) in [6, 6.07) is 14.4. The number of hydrogen-bond acceptors (Lipinski definition) is 10. The van der Waals surface area contributed by atoms with E-state index in [9.17, 15) is 24.8 Å². The van der Waals surface area contributed by atoms with Crippen LogP contribution in [0.15, 0.2) is 66.2 Å². The lowest BCUT2D eigenvalue weighted by Crippen LogP contribution is -2.29. The maximum absolute atomic E-state index is 13.5. The summed E-state index contributed by atoms with van der Waals surface area (Å²) in [5.41, 5.74) is 0.615. The van der Waals surface area contributed by atoms with Gasteiger partial charge in [0.2, 0.25) is 0 Å². The first-order valence-corrected chi connectivity index (χ1v) is 13.2. The van der Waals surface area contributed by atoms with Crippen molar-refractivity contribution in [1.29, 1.82) is 0 Å². The molecule has 1 N–H and O–H groups in total. The molecule has 3 heterocycles. The summed E-state index contributed by atoms with van der Waals surface area (Å²) in [5, 5.41) is 23.2. The molecule has 1 aromatic heterocycles. The zero-order valence-electron chi connectivity index (χ0n) is 21.0. The van der Waals surface area contributed by atoms with E-state index in [2.05, 4.69) is 4.98 Å². The Labute approximate surface area is 231 Å². The minimum Gasteiger partial charge on any atom is -0.507 e. The Morgan fingerprint density at radius 2 is 1.93 bits per heavy atom. The molecule has 0 radical (unpaired) electrons. The summed E-state index contributed by atoms with van der Waals surface area (Å²) in [7, 11) is 0. The summed E-state index contributed by atoms with van der Waals surface area (Å²) < 4.78 is 17.4. The lowest BCUT2D eigenvalue weighted by atomic mass is 9.95. The van der Waals surface area contributed by atoms with Gasteiger partial charge in [-0.3, -0.25) is 24.6 Å². The third kappa shape index (κ3) is 4.28. The summed E-state index contributed by atoms with van der Waals surface area (Å²) >= 11 is 1.16. The maximum Gasteiger partial charge on any atom is 0.301 e. The smallest absolute Gasteiger partial charge is 0.301 e. The first kappa shape index (κ1) is 25.3. The Kier molecular flexibility index (Phi) is 6.31. The van der Waals surface area contributed by atoms with Crippen LogP contribution in [0, 0.1) is 10.1 Å². The van der Waals surface area contributed by atoms with Crippen LogP contribution in [0.2, 0.25) is 0 Å². The Morgan fingerprint density at radius 1 is 1.12 bits per heavy atom. The Morgan fingerprint density at radius 3 is 2.70 bits per heavy atom. The van der Waals surface area contributed by atoms with Gasteiger partial charge in [-0.2, -0.15) is 0 Å². The normalized spacial score (nSPS) is 17.8. The van der Waals surface area contributed by atoms with Crippen molar-refractivity contribution in [2.75, 3.05) is 24.7 Å². The molecule has 2 aliphatic rings. The number of carbonyl (C=O) groups is 2. The highest BCUT2D eigenvalue weighted by molar-refractivity contribution is 7.22. The zero-order valence-corrected chi connectivity index (χ0v) is 21.8. The average molecular weight is 560 g/mol. The predicted molar refractivity (Wildman–Crippen MR) is 146 cm³/mol. The molecule has 3 aromatic carbocycles. The molecule has 12 heteroatoms. The monoisotopic (exact) mass is 559 g/mol. The van der Waals surface area contributed by atoms with E-state index in [1.807, 2.05) is 6.92 Å². The second kappa shape index (κ2) is 9.97. The fourth-order valence-electron chi connectivity index (χ4n) is 4.75. The Hall–Kier alpha value is -4.97. The molecule has 0 aliphatic carbocycles. The van der Waals surface area contributed by atoms with Gasteiger partial charge >= 0.3 is 5.91 Å². The molecule has 1 atom stereocenters. The van der Waals surface area contributed by atoms with Crippen molar-refractivity contribution in [3.8, 4) is 17.2 Å². The lowest BCUT2D eigenvalue weighted by Gasteiger charge is -2.23. The van der Waals surface area contributed by atoms with Crippen molar-refractivity contribution in [2.24, 2.45) is 0 Å². The van der Waals surface area contributed by atoms with Gasteiger partial charge in [0, 0.05) is 17.7 Å². The second-order valence-electron chi connectivity index (χ2n) is 8.94. The molecule has 1 fully saturated rings. The summed E-state index contributed by atoms with van der Waals surface area (Å²) in [5.74, 6) is -0.819. The van der Waals surface area contributed by atoms with E-state index in [0.29, 0.717) is 47.3 Å². The first-order valence-electron chi connectivity index (χ1n) is 12.3. The van der Waals surface area contributed by atoms with Gasteiger partial charge in [-0.15, -0.1) is 0 Å². The fourth-order valence-corrected chi connectivity index (χ4v) is 5.77. The topological polar surface area (TPSA) is 141 Å². The molecule has 1 amide bonds. The number of hydrogen-bond donors (Lipinski definition) is 1. The molecule has 11 nitrogen and oxygen atoms in total. The standard InChI is InChI=1S/C28H21N3O8S/c1-2-37-18-7-8-19-22(14-18)40-28(29-19)30-24(15-4-3-5-17(12-15)31(35)36)23(26(33)27(30)34)25(32)16-6-9-20-21(13-16)39-11-10-38-20/h3-9,12-14,24,32H,2,10-11H2,1H3/b25-23-. The van der Waals surface area contributed by atoms with Crippen molar-refractivity contribution in [1.82, 2.24) is 4.98 Å². The van der Waals surface area contributed by atoms with Gasteiger partial charge in [0.1, 0.15) is 24.7 Å². The molecular formula is C28H21N3O8S. The number of anilines is 1. The molecule has 202 valence electrons. The number of ketones is 1. The van der Waals surface area contributed by atoms with Crippen LogP contribution in [-0.2, 0) is 9.59 Å². The van der Waals surface area contributed by atoms with Crippen molar-refractivity contribution >= 4 is 49.8 Å². The number of ether oxygens (including phenoxy) is 3. The van der Waals surface area contributed by atoms with E-state index in [1.54, 1.807) is 36.4 Å². The van der Waals surface area contributed by atoms with Crippen LogP contribution >= 0.6 is 11.3 Å². The number of nitro groups is 1. The van der Waals surface area contributed by atoms with Crippen LogP contribution in [0.25, 0.3) is 16.0 Å². The average Bonchev–Trinajstić information content (AvgIpc) is 3.50. The van der Waals surface area contributed by atoms with E-state index in [-0.39, 0.29) is 27.5 Å². The van der Waals surface area contributed by atoms with Gasteiger partial charge in [-0.25, -0.2) is 4.98 Å². The summed E-state index contributed by atoms with van der Waals surface area (Å²) in [6.07, 6.45) is 0. The zero-order chi connectivity index (χ0) is 28.0. The summed E-state index contributed by atoms with van der Waals surface area (Å²) in [6.45, 7) is 3.03. The minimum atomic E-state index is -1.18. The molecule has 0 spiro atoms. The van der Waals surface area contributed by atoms with Crippen LogP contribution in [0.1, 0.15) is 24.1 Å². The van der Waals surface area contributed by atoms with Gasteiger partial charge in [0.05, 0.1) is 33.4 Å². The Balaban J connectivity index is 1.53. The number of rotatable bonds is 6. The van der Waals surface area contributed by atoms with Crippen molar-refractivity contribution in [3.05, 3.63) is 87.5 Å². The Bertz CT molecular complexity index is 1730. The van der Waals surface area contributed by atoms with E-state index in [4.69, 9.17) is 14.2 Å². The number of thiazole rings is 1. The number of amides is 1. The number of aliphatic hydroxyl groups excluding tert-OH is 1. The largest absolute Gasteiger partial charge is 0.507 e. The number of carbonyl (C=O) groups excluding carboxylic acids is 2. The maximum atomic E-state index is 13.5. The molecule has 1 saturated heterocycles. The van der Waals surface area contributed by atoms with Crippen molar-refractivity contribution in [3.63, 3.8) is 0 Å². The van der Waals surface area contributed by atoms with Crippen LogP contribution in [0.3, 0.4) is 0 Å². The van der Waals surface area contributed by atoms with Gasteiger partial charge in [0.25, 0.3) is 11.5 Å². The lowest BCUT2D eigenvalue weighted by molar-refractivity contribution is -0.384. The molecule has 0 bridgehead atoms. The highest BCUT2D eigenvalue weighted by Gasteiger charge is 2.48. The van der Waals surface area contributed by atoms with E-state index in [1.165, 1.54) is 29.2 Å².